The van der Waals surface area contributed by atoms with Crippen LogP contribution in [0.5, 0.6) is 0 Å². The number of benzene rings is 1. The fourth-order valence-corrected chi connectivity index (χ4v) is 2.49. The molecule has 0 aliphatic heterocycles. The first-order valence-corrected chi connectivity index (χ1v) is 8.51. The molecule has 1 saturated carbocycles. The van der Waals surface area contributed by atoms with Crippen molar-refractivity contribution in [2.45, 2.75) is 32.4 Å². The minimum Gasteiger partial charge on any atom is -0.350 e. The molecule has 1 aromatic heterocycles. The molecule has 130 valence electrons. The molecule has 1 fully saturated rings. The van der Waals surface area contributed by atoms with Crippen molar-refractivity contribution in [3.63, 3.8) is 0 Å². The van der Waals surface area contributed by atoms with Gasteiger partial charge in [0, 0.05) is 36.1 Å². The molecule has 5 heteroatoms. The van der Waals surface area contributed by atoms with E-state index in [9.17, 15) is 9.59 Å². The summed E-state index contributed by atoms with van der Waals surface area (Å²) >= 11 is 0. The normalized spacial score (nSPS) is 13.8. The van der Waals surface area contributed by atoms with Crippen LogP contribution in [0.4, 0.5) is 0 Å². The van der Waals surface area contributed by atoms with Crippen LogP contribution in [0.3, 0.4) is 0 Å². The Hall–Kier alpha value is -2.82. The Labute approximate surface area is 147 Å². The molecule has 1 aliphatic rings. The number of rotatable bonds is 6. The van der Waals surface area contributed by atoms with Gasteiger partial charge in [-0.3, -0.25) is 9.59 Å². The van der Waals surface area contributed by atoms with Crippen LogP contribution in [0, 0.1) is 6.92 Å². The van der Waals surface area contributed by atoms with Gasteiger partial charge in [0.25, 0.3) is 5.91 Å². The maximum Gasteiger partial charge on any atom is 0.251 e. The van der Waals surface area contributed by atoms with E-state index in [2.05, 4.69) is 15.2 Å². The van der Waals surface area contributed by atoms with Gasteiger partial charge in [-0.15, -0.1) is 0 Å². The Balaban J connectivity index is 1.51. The van der Waals surface area contributed by atoms with E-state index in [1.807, 2.05) is 38.2 Å². The first-order valence-electron chi connectivity index (χ1n) is 8.51. The zero-order valence-electron chi connectivity index (χ0n) is 14.6. The van der Waals surface area contributed by atoms with Crippen molar-refractivity contribution in [1.82, 2.24) is 15.2 Å². The quantitative estimate of drug-likeness (QED) is 0.796. The van der Waals surface area contributed by atoms with Gasteiger partial charge in [-0.2, -0.15) is 0 Å². The molecule has 0 unspecified atom stereocenters. The SMILES string of the molecule is Cc1ccc(CNC(=O)/C=C\c2ccc(C(=O)NC3CC3)cc2)n1C. The average Bonchev–Trinajstić information content (AvgIpc) is 3.37. The van der Waals surface area contributed by atoms with Crippen LogP contribution in [0.25, 0.3) is 6.08 Å². The van der Waals surface area contributed by atoms with Crippen molar-refractivity contribution in [1.29, 1.82) is 0 Å². The van der Waals surface area contributed by atoms with Crippen LogP contribution >= 0.6 is 0 Å². The maximum absolute atomic E-state index is 11.9. The second-order valence-electron chi connectivity index (χ2n) is 6.45. The van der Waals surface area contributed by atoms with Crippen LogP contribution < -0.4 is 10.6 Å². The Bertz CT molecular complexity index is 799. The van der Waals surface area contributed by atoms with Crippen molar-refractivity contribution in [2.75, 3.05) is 0 Å². The topological polar surface area (TPSA) is 63.1 Å². The van der Waals surface area contributed by atoms with Crippen molar-refractivity contribution < 1.29 is 9.59 Å². The van der Waals surface area contributed by atoms with E-state index in [0.717, 1.165) is 29.8 Å². The molecular weight excluding hydrogens is 314 g/mol. The highest BCUT2D eigenvalue weighted by atomic mass is 16.2. The van der Waals surface area contributed by atoms with Crippen LogP contribution in [-0.4, -0.2) is 22.4 Å². The summed E-state index contributed by atoms with van der Waals surface area (Å²) in [7, 11) is 1.98. The Morgan fingerprint density at radius 2 is 1.88 bits per heavy atom. The standard InChI is InChI=1S/C20H23N3O2/c1-14-3-11-18(23(14)2)13-21-19(24)12-6-15-4-7-16(8-5-15)20(25)22-17-9-10-17/h3-8,11-12,17H,9-10,13H2,1-2H3,(H,21,24)(H,22,25)/b12-6-. The Kier molecular flexibility index (Phi) is 5.03. The smallest absolute Gasteiger partial charge is 0.251 e. The number of amides is 2. The van der Waals surface area contributed by atoms with E-state index < -0.39 is 0 Å². The lowest BCUT2D eigenvalue weighted by Crippen LogP contribution is -2.25. The van der Waals surface area contributed by atoms with E-state index in [1.165, 1.54) is 6.08 Å². The van der Waals surface area contributed by atoms with Crippen molar-refractivity contribution in [3.8, 4) is 0 Å². The number of aromatic nitrogens is 1. The van der Waals surface area contributed by atoms with Crippen molar-refractivity contribution >= 4 is 17.9 Å². The third kappa shape index (κ3) is 4.59. The minimum atomic E-state index is -0.144. The van der Waals surface area contributed by atoms with Gasteiger partial charge >= 0.3 is 0 Å². The number of carbonyl (C=O) groups is 2. The van der Waals surface area contributed by atoms with Gasteiger partial charge in [0.15, 0.2) is 0 Å². The maximum atomic E-state index is 11.9. The van der Waals surface area contributed by atoms with Gasteiger partial charge in [-0.1, -0.05) is 12.1 Å². The highest BCUT2D eigenvalue weighted by Gasteiger charge is 2.23. The lowest BCUT2D eigenvalue weighted by molar-refractivity contribution is -0.116. The van der Waals surface area contributed by atoms with E-state index in [4.69, 9.17) is 0 Å². The van der Waals surface area contributed by atoms with Gasteiger partial charge < -0.3 is 15.2 Å². The van der Waals surface area contributed by atoms with Gasteiger partial charge in [0.2, 0.25) is 5.91 Å². The van der Waals surface area contributed by atoms with Gasteiger partial charge in [-0.25, -0.2) is 0 Å². The monoisotopic (exact) mass is 337 g/mol. The molecule has 0 saturated heterocycles. The molecule has 1 aliphatic carbocycles. The first kappa shape index (κ1) is 17.0. The fourth-order valence-electron chi connectivity index (χ4n) is 2.49. The summed E-state index contributed by atoms with van der Waals surface area (Å²) < 4.78 is 2.05. The summed E-state index contributed by atoms with van der Waals surface area (Å²) in [5, 5.41) is 5.83. The molecule has 25 heavy (non-hydrogen) atoms. The van der Waals surface area contributed by atoms with Crippen LogP contribution in [0.1, 0.15) is 40.2 Å². The zero-order valence-corrected chi connectivity index (χ0v) is 14.6. The van der Waals surface area contributed by atoms with E-state index in [-0.39, 0.29) is 11.8 Å². The van der Waals surface area contributed by atoms with Crippen molar-refractivity contribution in [2.24, 2.45) is 7.05 Å². The summed E-state index contributed by atoms with van der Waals surface area (Å²) in [6.07, 6.45) is 5.40. The third-order valence-corrected chi connectivity index (χ3v) is 4.43. The molecule has 2 N–H and O–H groups in total. The number of hydrogen-bond acceptors (Lipinski definition) is 2. The van der Waals surface area contributed by atoms with Crippen LogP contribution in [-0.2, 0) is 18.4 Å². The molecular formula is C20H23N3O2. The van der Waals surface area contributed by atoms with E-state index in [1.54, 1.807) is 18.2 Å². The second kappa shape index (κ2) is 7.38. The molecule has 2 amide bonds. The highest BCUT2D eigenvalue weighted by Crippen LogP contribution is 2.19. The molecule has 2 aromatic rings. The summed E-state index contributed by atoms with van der Waals surface area (Å²) in [5.74, 6) is -0.178. The predicted octanol–water partition coefficient (Wildman–Crippen LogP) is 2.56. The number of nitrogens with zero attached hydrogens (tertiary/aromatic N) is 1. The Morgan fingerprint density at radius 3 is 2.48 bits per heavy atom. The van der Waals surface area contributed by atoms with Crippen LogP contribution in [0.2, 0.25) is 0 Å². The summed E-state index contributed by atoms with van der Waals surface area (Å²) in [6, 6.07) is 11.6. The molecule has 0 bridgehead atoms. The Morgan fingerprint density at radius 1 is 1.16 bits per heavy atom. The molecule has 0 radical (unpaired) electrons. The molecule has 5 nitrogen and oxygen atoms in total. The summed E-state index contributed by atoms with van der Waals surface area (Å²) in [4.78, 5) is 23.9. The number of hydrogen-bond donors (Lipinski definition) is 2. The van der Waals surface area contributed by atoms with E-state index >= 15 is 0 Å². The average molecular weight is 337 g/mol. The molecule has 3 rings (SSSR count). The third-order valence-electron chi connectivity index (χ3n) is 4.43. The number of aryl methyl sites for hydroxylation is 1. The second-order valence-corrected chi connectivity index (χ2v) is 6.45. The minimum absolute atomic E-state index is 0.0337. The molecule has 1 heterocycles. The summed E-state index contributed by atoms with van der Waals surface area (Å²) in [5.41, 5.74) is 3.75. The lowest BCUT2D eigenvalue weighted by Gasteiger charge is -2.06. The van der Waals surface area contributed by atoms with Crippen molar-refractivity contribution in [3.05, 3.63) is 65.0 Å². The fraction of sp³-hybridized carbons (Fsp3) is 0.300. The zero-order chi connectivity index (χ0) is 17.8. The number of carbonyl (C=O) groups excluding carboxylic acids is 2. The van der Waals surface area contributed by atoms with Gasteiger partial charge in [-0.05, 0) is 55.7 Å². The van der Waals surface area contributed by atoms with Gasteiger partial charge in [0.05, 0.1) is 6.54 Å². The van der Waals surface area contributed by atoms with Crippen LogP contribution in [0.15, 0.2) is 42.5 Å². The molecule has 1 aromatic carbocycles. The summed E-state index contributed by atoms with van der Waals surface area (Å²) in [6.45, 7) is 2.52. The lowest BCUT2D eigenvalue weighted by atomic mass is 10.1. The van der Waals surface area contributed by atoms with Gasteiger partial charge in [0.1, 0.15) is 0 Å². The first-order chi connectivity index (χ1) is 12.0. The largest absolute Gasteiger partial charge is 0.350 e. The molecule has 0 spiro atoms. The van der Waals surface area contributed by atoms with E-state index in [0.29, 0.717) is 18.2 Å². The predicted molar refractivity (Wildman–Crippen MR) is 98.0 cm³/mol. The highest BCUT2D eigenvalue weighted by molar-refractivity contribution is 5.95. The molecule has 0 atom stereocenters. The number of nitrogens with one attached hydrogen (secondary N) is 2.